The number of rotatable bonds is 8. The Labute approximate surface area is 229 Å². The monoisotopic (exact) mass is 572 g/mol. The smallest absolute Gasteiger partial charge is 0.374 e. The van der Waals surface area contributed by atoms with Crippen molar-refractivity contribution in [1.29, 1.82) is 0 Å². The fourth-order valence-corrected chi connectivity index (χ4v) is 4.69. The number of imide groups is 1. The molecule has 0 fully saturated rings. The molecule has 0 spiro atoms. The molecule has 12 heteroatoms. The van der Waals surface area contributed by atoms with Gasteiger partial charge in [0.05, 0.1) is 5.71 Å². The number of hydrogen-bond acceptors (Lipinski definition) is 5. The molecule has 3 rings (SSSR count). The van der Waals surface area contributed by atoms with E-state index in [0.717, 1.165) is 17.0 Å². The highest BCUT2D eigenvalue weighted by Crippen LogP contribution is 2.49. The summed E-state index contributed by atoms with van der Waals surface area (Å²) in [6, 6.07) is 7.66. The predicted octanol–water partition coefficient (Wildman–Crippen LogP) is 6.01. The SMILES string of the molecule is CCNC(=O)N(CCCN(C)C)C(=O)c1ccc(C2=NOC(c3cc(Cl)cc(Cl)c3)(C(F)(F)F)C2)cc1C. The van der Waals surface area contributed by atoms with Gasteiger partial charge in [-0.15, -0.1) is 0 Å². The minimum atomic E-state index is -4.82. The Balaban J connectivity index is 1.88. The summed E-state index contributed by atoms with van der Waals surface area (Å²) in [5.41, 5.74) is -1.89. The van der Waals surface area contributed by atoms with Crippen molar-refractivity contribution < 1.29 is 27.6 Å². The molecule has 7 nitrogen and oxygen atoms in total. The van der Waals surface area contributed by atoms with Gasteiger partial charge in [0.25, 0.3) is 11.5 Å². The fourth-order valence-electron chi connectivity index (χ4n) is 4.16. The first kappa shape index (κ1) is 29.7. The molecule has 0 saturated carbocycles. The second-order valence-electron chi connectivity index (χ2n) is 9.27. The van der Waals surface area contributed by atoms with Crippen molar-refractivity contribution in [2.45, 2.75) is 38.5 Å². The van der Waals surface area contributed by atoms with E-state index in [4.69, 9.17) is 28.0 Å². The fraction of sp³-hybridized carbons (Fsp3) is 0.423. The molecule has 0 radical (unpaired) electrons. The van der Waals surface area contributed by atoms with Gasteiger partial charge >= 0.3 is 12.2 Å². The highest BCUT2D eigenvalue weighted by atomic mass is 35.5. The van der Waals surface area contributed by atoms with Crippen LogP contribution in [0.4, 0.5) is 18.0 Å². The van der Waals surface area contributed by atoms with Gasteiger partial charge in [-0.3, -0.25) is 9.69 Å². The molecule has 1 unspecified atom stereocenters. The van der Waals surface area contributed by atoms with Crippen LogP contribution < -0.4 is 5.32 Å². The Hall–Kier alpha value is -2.82. The third-order valence-electron chi connectivity index (χ3n) is 6.11. The number of nitrogens with zero attached hydrogens (tertiary/aromatic N) is 3. The molecule has 1 aliphatic heterocycles. The zero-order valence-corrected chi connectivity index (χ0v) is 23.0. The van der Waals surface area contributed by atoms with Crippen LogP contribution in [0.15, 0.2) is 41.6 Å². The largest absolute Gasteiger partial charge is 0.435 e. The van der Waals surface area contributed by atoms with E-state index in [-0.39, 0.29) is 33.4 Å². The first-order valence-electron chi connectivity index (χ1n) is 11.9. The number of oxime groups is 1. The number of amides is 3. The van der Waals surface area contributed by atoms with Crippen LogP contribution in [-0.2, 0) is 10.4 Å². The average molecular weight is 573 g/mol. The Morgan fingerprint density at radius 3 is 2.32 bits per heavy atom. The zero-order chi connectivity index (χ0) is 28.3. The number of benzene rings is 2. The average Bonchev–Trinajstić information content (AvgIpc) is 3.28. The summed E-state index contributed by atoms with van der Waals surface area (Å²) in [4.78, 5) is 34.0. The van der Waals surface area contributed by atoms with Gasteiger partial charge in [0, 0.05) is 40.7 Å². The molecule has 0 bridgehead atoms. The number of nitrogens with one attached hydrogen (secondary N) is 1. The quantitative estimate of drug-likeness (QED) is 0.420. The third-order valence-corrected chi connectivity index (χ3v) is 6.55. The number of urea groups is 1. The van der Waals surface area contributed by atoms with Crippen LogP contribution in [0.5, 0.6) is 0 Å². The molecule has 1 N–H and O–H groups in total. The summed E-state index contributed by atoms with van der Waals surface area (Å²) >= 11 is 11.9. The van der Waals surface area contributed by atoms with Crippen molar-refractivity contribution in [3.8, 4) is 0 Å². The Bertz CT molecular complexity index is 1220. The summed E-state index contributed by atoms with van der Waals surface area (Å²) < 4.78 is 42.9. The van der Waals surface area contributed by atoms with E-state index in [9.17, 15) is 22.8 Å². The molecular formula is C26H29Cl2F3N4O3. The molecule has 38 heavy (non-hydrogen) atoms. The normalized spacial score (nSPS) is 17.3. The van der Waals surface area contributed by atoms with Gasteiger partial charge in [-0.25, -0.2) is 4.79 Å². The number of carbonyl (C=O) groups is 2. The second-order valence-corrected chi connectivity index (χ2v) is 10.1. The summed E-state index contributed by atoms with van der Waals surface area (Å²) in [5, 5.41) is 6.49. The van der Waals surface area contributed by atoms with Crippen molar-refractivity contribution in [3.63, 3.8) is 0 Å². The molecule has 3 amide bonds. The topological polar surface area (TPSA) is 74.2 Å². The van der Waals surface area contributed by atoms with Crippen molar-refractivity contribution in [3.05, 3.63) is 68.7 Å². The van der Waals surface area contributed by atoms with Crippen molar-refractivity contribution in [2.24, 2.45) is 5.16 Å². The van der Waals surface area contributed by atoms with E-state index < -0.39 is 30.1 Å². The highest BCUT2D eigenvalue weighted by Gasteiger charge is 2.62. The minimum absolute atomic E-state index is 0.0362. The van der Waals surface area contributed by atoms with E-state index in [1.807, 2.05) is 19.0 Å². The lowest BCUT2D eigenvalue weighted by molar-refractivity contribution is -0.275. The molecule has 1 aliphatic rings. The maximum atomic E-state index is 14.3. The molecular weight excluding hydrogens is 544 g/mol. The Morgan fingerprint density at radius 2 is 1.76 bits per heavy atom. The van der Waals surface area contributed by atoms with Gasteiger partial charge in [0.1, 0.15) is 0 Å². The molecule has 2 aromatic carbocycles. The minimum Gasteiger partial charge on any atom is -0.374 e. The van der Waals surface area contributed by atoms with Gasteiger partial charge in [-0.2, -0.15) is 13.2 Å². The molecule has 0 aromatic heterocycles. The van der Waals surface area contributed by atoms with Gasteiger partial charge in [0.2, 0.25) is 0 Å². The summed E-state index contributed by atoms with van der Waals surface area (Å²) in [6.45, 7) is 4.65. The summed E-state index contributed by atoms with van der Waals surface area (Å²) in [7, 11) is 3.79. The lowest BCUT2D eigenvalue weighted by Gasteiger charge is -2.29. The van der Waals surface area contributed by atoms with Crippen LogP contribution in [0.25, 0.3) is 0 Å². The van der Waals surface area contributed by atoms with Crippen molar-refractivity contribution in [2.75, 3.05) is 33.7 Å². The number of halogens is 5. The maximum Gasteiger partial charge on any atom is 0.435 e. The van der Waals surface area contributed by atoms with Crippen LogP contribution in [0.1, 0.15) is 46.8 Å². The summed E-state index contributed by atoms with van der Waals surface area (Å²) in [6.07, 6.45) is -4.86. The molecule has 0 saturated heterocycles. The molecule has 206 valence electrons. The standard InChI is InChI=1S/C26H29Cl2F3N4O3/c1-5-32-24(37)35(10-6-9-34(3)4)23(36)21-8-7-17(11-16(21)2)22-15-25(38-33-22,26(29,30)31)18-12-19(27)14-20(28)13-18/h7-8,11-14H,5-6,9-10,15H2,1-4H3,(H,32,37). The van der Waals surface area contributed by atoms with Crippen LogP contribution >= 0.6 is 23.2 Å². The van der Waals surface area contributed by atoms with E-state index in [2.05, 4.69) is 10.5 Å². The van der Waals surface area contributed by atoms with Crippen LogP contribution in [0.3, 0.4) is 0 Å². The lowest BCUT2D eigenvalue weighted by Crippen LogP contribution is -2.45. The Kier molecular flexibility index (Phi) is 9.33. The first-order chi connectivity index (χ1) is 17.8. The predicted molar refractivity (Wildman–Crippen MR) is 141 cm³/mol. The second kappa shape index (κ2) is 11.9. The number of hydrogen-bond donors (Lipinski definition) is 1. The zero-order valence-electron chi connectivity index (χ0n) is 21.5. The highest BCUT2D eigenvalue weighted by molar-refractivity contribution is 6.34. The summed E-state index contributed by atoms with van der Waals surface area (Å²) in [5.74, 6) is -0.499. The molecule has 0 aliphatic carbocycles. The third kappa shape index (κ3) is 6.42. The lowest BCUT2D eigenvalue weighted by atomic mass is 9.86. The number of carbonyl (C=O) groups excluding carboxylic acids is 2. The van der Waals surface area contributed by atoms with Crippen LogP contribution in [-0.4, -0.2) is 67.4 Å². The molecule has 2 aromatic rings. The van der Waals surface area contributed by atoms with Crippen LogP contribution in [0.2, 0.25) is 10.0 Å². The van der Waals surface area contributed by atoms with Crippen molar-refractivity contribution in [1.82, 2.24) is 15.1 Å². The Morgan fingerprint density at radius 1 is 1.11 bits per heavy atom. The molecule has 1 heterocycles. The van der Waals surface area contributed by atoms with Crippen molar-refractivity contribution >= 4 is 40.9 Å². The first-order valence-corrected chi connectivity index (χ1v) is 12.7. The van der Waals surface area contributed by atoms with Gasteiger partial charge in [-0.05, 0) is 82.4 Å². The van der Waals surface area contributed by atoms with Gasteiger partial charge in [-0.1, -0.05) is 34.4 Å². The van der Waals surface area contributed by atoms with Gasteiger partial charge < -0.3 is 15.1 Å². The van der Waals surface area contributed by atoms with E-state index in [1.54, 1.807) is 19.9 Å². The van der Waals surface area contributed by atoms with Gasteiger partial charge in [0.15, 0.2) is 0 Å². The van der Waals surface area contributed by atoms with E-state index in [1.165, 1.54) is 18.2 Å². The molecule has 1 atom stereocenters. The number of alkyl halides is 3. The van der Waals surface area contributed by atoms with E-state index >= 15 is 0 Å². The van der Waals surface area contributed by atoms with E-state index in [0.29, 0.717) is 30.6 Å². The number of aryl methyl sites for hydroxylation is 1. The van der Waals surface area contributed by atoms with Crippen LogP contribution in [0, 0.1) is 6.92 Å². The maximum absolute atomic E-state index is 14.3.